The molecular weight excluding hydrogens is 250 g/mol. The van der Waals surface area contributed by atoms with Gasteiger partial charge in [0.05, 0.1) is 11.2 Å². The number of anilines is 1. The number of para-hydroxylation sites is 1. The van der Waals surface area contributed by atoms with E-state index in [1.54, 1.807) is 24.5 Å². The average molecular weight is 263 g/mol. The highest BCUT2D eigenvalue weighted by Crippen LogP contribution is 2.23. The lowest BCUT2D eigenvalue weighted by Gasteiger charge is -2.09. The standard InChI is InChI=1S/C16H13N3O/c1-11-10-15(13-4-2-3-5-14(13)18-11)19-16(20)12-6-8-17-9-7-12/h2-10H,1H3,(H,18,19,20). The Morgan fingerprint density at radius 3 is 2.65 bits per heavy atom. The molecule has 0 spiro atoms. The van der Waals surface area contributed by atoms with Crippen molar-refractivity contribution in [2.24, 2.45) is 0 Å². The highest BCUT2D eigenvalue weighted by Gasteiger charge is 2.09. The van der Waals surface area contributed by atoms with Gasteiger partial charge in [-0.1, -0.05) is 18.2 Å². The number of carbonyl (C=O) groups is 1. The summed E-state index contributed by atoms with van der Waals surface area (Å²) in [6, 6.07) is 13.0. The fourth-order valence-electron chi connectivity index (χ4n) is 2.11. The molecule has 0 saturated carbocycles. The Hall–Kier alpha value is -2.75. The van der Waals surface area contributed by atoms with Gasteiger partial charge in [-0.2, -0.15) is 0 Å². The summed E-state index contributed by atoms with van der Waals surface area (Å²) < 4.78 is 0. The van der Waals surface area contributed by atoms with Gasteiger partial charge in [0.25, 0.3) is 5.91 Å². The number of amides is 1. The summed E-state index contributed by atoms with van der Waals surface area (Å²) in [6.07, 6.45) is 3.20. The molecule has 0 radical (unpaired) electrons. The zero-order valence-corrected chi connectivity index (χ0v) is 11.0. The number of aromatic nitrogens is 2. The van der Waals surface area contributed by atoms with Crippen LogP contribution in [-0.4, -0.2) is 15.9 Å². The van der Waals surface area contributed by atoms with E-state index in [1.807, 2.05) is 37.3 Å². The van der Waals surface area contributed by atoms with Gasteiger partial charge in [0.2, 0.25) is 0 Å². The van der Waals surface area contributed by atoms with E-state index < -0.39 is 0 Å². The number of nitrogens with one attached hydrogen (secondary N) is 1. The van der Waals surface area contributed by atoms with E-state index in [1.165, 1.54) is 0 Å². The first-order chi connectivity index (χ1) is 9.74. The van der Waals surface area contributed by atoms with Crippen LogP contribution >= 0.6 is 0 Å². The lowest BCUT2D eigenvalue weighted by molar-refractivity contribution is 0.102. The van der Waals surface area contributed by atoms with Crippen molar-refractivity contribution >= 4 is 22.5 Å². The SMILES string of the molecule is Cc1cc(NC(=O)c2ccncc2)c2ccccc2n1. The highest BCUT2D eigenvalue weighted by atomic mass is 16.1. The van der Waals surface area contributed by atoms with Crippen molar-refractivity contribution in [1.82, 2.24) is 9.97 Å². The summed E-state index contributed by atoms with van der Waals surface area (Å²) in [5, 5.41) is 3.87. The third kappa shape index (κ3) is 2.36. The van der Waals surface area contributed by atoms with Crippen LogP contribution in [0.4, 0.5) is 5.69 Å². The van der Waals surface area contributed by atoms with Gasteiger partial charge in [-0.25, -0.2) is 0 Å². The van der Waals surface area contributed by atoms with Crippen LogP contribution in [0.15, 0.2) is 54.9 Å². The fourth-order valence-corrected chi connectivity index (χ4v) is 2.11. The fraction of sp³-hybridized carbons (Fsp3) is 0.0625. The number of nitrogens with zero attached hydrogens (tertiary/aromatic N) is 2. The van der Waals surface area contributed by atoms with E-state index in [0.29, 0.717) is 5.56 Å². The number of benzene rings is 1. The zero-order valence-electron chi connectivity index (χ0n) is 11.0. The second-order valence-corrected chi connectivity index (χ2v) is 4.52. The van der Waals surface area contributed by atoms with Crippen molar-refractivity contribution in [2.45, 2.75) is 6.92 Å². The molecule has 0 atom stereocenters. The van der Waals surface area contributed by atoms with Crippen LogP contribution in [0.5, 0.6) is 0 Å². The average Bonchev–Trinajstić information content (AvgIpc) is 2.48. The molecule has 4 nitrogen and oxygen atoms in total. The summed E-state index contributed by atoms with van der Waals surface area (Å²) in [5.41, 5.74) is 3.10. The van der Waals surface area contributed by atoms with Gasteiger partial charge >= 0.3 is 0 Å². The molecule has 0 bridgehead atoms. The number of rotatable bonds is 2. The Bertz CT molecular complexity index is 769. The minimum atomic E-state index is -0.150. The number of hydrogen-bond donors (Lipinski definition) is 1. The monoisotopic (exact) mass is 263 g/mol. The molecule has 0 aliphatic heterocycles. The molecule has 1 aromatic carbocycles. The summed E-state index contributed by atoms with van der Waals surface area (Å²) in [7, 11) is 0. The first-order valence-electron chi connectivity index (χ1n) is 6.32. The predicted octanol–water partition coefficient (Wildman–Crippen LogP) is 3.19. The number of hydrogen-bond acceptors (Lipinski definition) is 3. The molecule has 3 rings (SSSR count). The summed E-state index contributed by atoms with van der Waals surface area (Å²) in [6.45, 7) is 1.91. The molecule has 0 unspecified atom stereocenters. The van der Waals surface area contributed by atoms with E-state index in [4.69, 9.17) is 0 Å². The number of pyridine rings is 2. The van der Waals surface area contributed by atoms with Crippen LogP contribution < -0.4 is 5.32 Å². The quantitative estimate of drug-likeness (QED) is 0.772. The molecule has 0 fully saturated rings. The van der Waals surface area contributed by atoms with E-state index in [2.05, 4.69) is 15.3 Å². The van der Waals surface area contributed by atoms with E-state index >= 15 is 0 Å². The van der Waals surface area contributed by atoms with E-state index in [0.717, 1.165) is 22.3 Å². The van der Waals surface area contributed by atoms with Crippen LogP contribution in [0.2, 0.25) is 0 Å². The maximum absolute atomic E-state index is 12.2. The number of carbonyl (C=O) groups excluding carboxylic acids is 1. The maximum Gasteiger partial charge on any atom is 0.255 e. The van der Waals surface area contributed by atoms with Crippen molar-refractivity contribution in [1.29, 1.82) is 0 Å². The van der Waals surface area contributed by atoms with Crippen molar-refractivity contribution in [3.8, 4) is 0 Å². The second kappa shape index (κ2) is 5.09. The highest BCUT2D eigenvalue weighted by molar-refractivity contribution is 6.08. The maximum atomic E-state index is 12.2. The molecule has 3 aromatic rings. The topological polar surface area (TPSA) is 54.9 Å². The molecule has 0 aliphatic carbocycles. The van der Waals surface area contributed by atoms with Crippen LogP contribution in [0.25, 0.3) is 10.9 Å². The third-order valence-electron chi connectivity index (χ3n) is 3.03. The number of fused-ring (bicyclic) bond motifs is 1. The normalized spacial score (nSPS) is 10.4. The molecule has 1 N–H and O–H groups in total. The van der Waals surface area contributed by atoms with Gasteiger partial charge in [0, 0.05) is 29.0 Å². The van der Waals surface area contributed by atoms with Gasteiger partial charge in [-0.15, -0.1) is 0 Å². The van der Waals surface area contributed by atoms with Crippen molar-refractivity contribution in [3.05, 3.63) is 66.1 Å². The van der Waals surface area contributed by atoms with E-state index in [9.17, 15) is 4.79 Å². The summed E-state index contributed by atoms with van der Waals surface area (Å²) in [4.78, 5) is 20.6. The molecule has 2 heterocycles. The van der Waals surface area contributed by atoms with Gasteiger partial charge < -0.3 is 5.32 Å². The minimum Gasteiger partial charge on any atom is -0.321 e. The first-order valence-corrected chi connectivity index (χ1v) is 6.32. The lowest BCUT2D eigenvalue weighted by Crippen LogP contribution is -2.12. The smallest absolute Gasteiger partial charge is 0.255 e. The van der Waals surface area contributed by atoms with Gasteiger partial charge in [0.1, 0.15) is 0 Å². The lowest BCUT2D eigenvalue weighted by atomic mass is 10.1. The molecular formula is C16H13N3O. The molecule has 98 valence electrons. The van der Waals surface area contributed by atoms with Crippen molar-refractivity contribution < 1.29 is 4.79 Å². The Morgan fingerprint density at radius 1 is 1.10 bits per heavy atom. The minimum absolute atomic E-state index is 0.150. The molecule has 2 aromatic heterocycles. The van der Waals surface area contributed by atoms with Gasteiger partial charge in [0.15, 0.2) is 0 Å². The van der Waals surface area contributed by atoms with Crippen LogP contribution in [-0.2, 0) is 0 Å². The van der Waals surface area contributed by atoms with Crippen molar-refractivity contribution in [2.75, 3.05) is 5.32 Å². The first kappa shape index (κ1) is 12.3. The molecule has 0 saturated heterocycles. The third-order valence-corrected chi connectivity index (χ3v) is 3.03. The molecule has 20 heavy (non-hydrogen) atoms. The summed E-state index contributed by atoms with van der Waals surface area (Å²) >= 11 is 0. The van der Waals surface area contributed by atoms with Crippen molar-refractivity contribution in [3.63, 3.8) is 0 Å². The summed E-state index contributed by atoms with van der Waals surface area (Å²) in [5.74, 6) is -0.150. The second-order valence-electron chi connectivity index (χ2n) is 4.52. The van der Waals surface area contributed by atoms with Crippen LogP contribution in [0.3, 0.4) is 0 Å². The Kier molecular flexibility index (Phi) is 3.13. The predicted molar refractivity (Wildman–Crippen MR) is 78.7 cm³/mol. The number of aryl methyl sites for hydroxylation is 1. The van der Waals surface area contributed by atoms with Gasteiger partial charge in [-0.05, 0) is 31.2 Å². The van der Waals surface area contributed by atoms with Crippen LogP contribution in [0.1, 0.15) is 16.1 Å². The molecule has 0 aliphatic rings. The Labute approximate surface area is 116 Å². The largest absolute Gasteiger partial charge is 0.321 e. The van der Waals surface area contributed by atoms with Gasteiger partial charge in [-0.3, -0.25) is 14.8 Å². The van der Waals surface area contributed by atoms with Crippen LogP contribution in [0, 0.1) is 6.92 Å². The molecule has 1 amide bonds. The van der Waals surface area contributed by atoms with E-state index in [-0.39, 0.29) is 5.91 Å². The Balaban J connectivity index is 2.01. The zero-order chi connectivity index (χ0) is 13.9. The Morgan fingerprint density at radius 2 is 1.85 bits per heavy atom. The molecule has 4 heteroatoms.